The number of carbonyl (C=O) groups is 1. The van der Waals surface area contributed by atoms with E-state index in [4.69, 9.17) is 9.84 Å². The first-order valence-corrected chi connectivity index (χ1v) is 4.17. The largest absolute Gasteiger partial charge is 0.497 e. The molecule has 4 nitrogen and oxygen atoms in total. The van der Waals surface area contributed by atoms with Gasteiger partial charge in [-0.25, -0.2) is 0 Å². The van der Waals surface area contributed by atoms with Crippen LogP contribution in [-0.4, -0.2) is 23.3 Å². The predicted octanol–water partition coefficient (Wildman–Crippen LogP) is 1.20. The Hall–Kier alpha value is -1.55. The molecule has 76 valence electrons. The number of methoxy groups -OCH3 is 1. The van der Waals surface area contributed by atoms with Crippen molar-refractivity contribution in [3.8, 4) is 5.75 Å². The maximum absolute atomic E-state index is 10.3. The Morgan fingerprint density at radius 1 is 1.57 bits per heavy atom. The molecule has 1 rings (SSSR count). The molecule has 14 heavy (non-hydrogen) atoms. The molecule has 0 heterocycles. The van der Waals surface area contributed by atoms with Crippen LogP contribution in [0.15, 0.2) is 24.3 Å². The van der Waals surface area contributed by atoms with Gasteiger partial charge in [0.15, 0.2) is 0 Å². The van der Waals surface area contributed by atoms with Crippen molar-refractivity contribution in [3.05, 3.63) is 29.8 Å². The molecule has 0 aliphatic heterocycles. The van der Waals surface area contributed by atoms with Gasteiger partial charge < -0.3 is 14.9 Å². The van der Waals surface area contributed by atoms with Gasteiger partial charge in [-0.1, -0.05) is 12.1 Å². The number of aliphatic hydroxyl groups is 1. The van der Waals surface area contributed by atoms with Crippen molar-refractivity contribution in [2.75, 3.05) is 7.11 Å². The maximum Gasteiger partial charge on any atom is 0.306 e. The van der Waals surface area contributed by atoms with Gasteiger partial charge in [-0.05, 0) is 17.7 Å². The number of carboxylic acids is 1. The molecular weight excluding hydrogens is 184 g/mol. The van der Waals surface area contributed by atoms with Crippen LogP contribution < -0.4 is 4.74 Å². The Morgan fingerprint density at radius 3 is 2.86 bits per heavy atom. The van der Waals surface area contributed by atoms with Gasteiger partial charge in [0.25, 0.3) is 0 Å². The second kappa shape index (κ2) is 4.62. The summed E-state index contributed by atoms with van der Waals surface area (Å²) in [6.07, 6.45) is -1.28. The van der Waals surface area contributed by atoms with Gasteiger partial charge in [-0.15, -0.1) is 0 Å². The zero-order valence-electron chi connectivity index (χ0n) is 7.80. The van der Waals surface area contributed by atoms with Crippen LogP contribution >= 0.6 is 0 Å². The molecule has 0 unspecified atom stereocenters. The van der Waals surface area contributed by atoms with Gasteiger partial charge in [-0.2, -0.15) is 0 Å². The summed E-state index contributed by atoms with van der Waals surface area (Å²) in [5, 5.41) is 18.0. The second-order valence-corrected chi connectivity index (χ2v) is 2.89. The van der Waals surface area contributed by atoms with Gasteiger partial charge in [0.1, 0.15) is 5.75 Å². The van der Waals surface area contributed by atoms with Crippen molar-refractivity contribution < 1.29 is 19.7 Å². The highest BCUT2D eigenvalue weighted by atomic mass is 16.5. The molecule has 2 N–H and O–H groups in total. The normalized spacial score (nSPS) is 12.1. The van der Waals surface area contributed by atoms with E-state index in [1.54, 1.807) is 24.3 Å². The van der Waals surface area contributed by atoms with E-state index in [0.29, 0.717) is 11.3 Å². The summed E-state index contributed by atoms with van der Waals surface area (Å²) < 4.78 is 4.95. The number of rotatable bonds is 4. The first-order valence-electron chi connectivity index (χ1n) is 4.17. The minimum Gasteiger partial charge on any atom is -0.497 e. The molecule has 0 aliphatic carbocycles. The summed E-state index contributed by atoms with van der Waals surface area (Å²) in [6.45, 7) is 0. The lowest BCUT2D eigenvalue weighted by Crippen LogP contribution is -2.05. The SMILES string of the molecule is COc1cccc([C@H](O)CC(=O)O)c1. The third-order valence-electron chi connectivity index (χ3n) is 1.85. The minimum atomic E-state index is -1.03. The summed E-state index contributed by atoms with van der Waals surface area (Å²) in [6, 6.07) is 6.72. The van der Waals surface area contributed by atoms with Crippen LogP contribution in [0.3, 0.4) is 0 Å². The van der Waals surface area contributed by atoms with Gasteiger partial charge in [0.05, 0.1) is 19.6 Å². The lowest BCUT2D eigenvalue weighted by molar-refractivity contribution is -0.139. The Balaban J connectivity index is 2.78. The Kier molecular flexibility index (Phi) is 3.48. The van der Waals surface area contributed by atoms with Crippen LogP contribution in [0.1, 0.15) is 18.1 Å². The van der Waals surface area contributed by atoms with Crippen molar-refractivity contribution in [1.82, 2.24) is 0 Å². The quantitative estimate of drug-likeness (QED) is 0.759. The number of ether oxygens (including phenoxy) is 1. The molecule has 0 spiro atoms. The van der Waals surface area contributed by atoms with Gasteiger partial charge >= 0.3 is 5.97 Å². The van der Waals surface area contributed by atoms with E-state index in [1.165, 1.54) is 7.11 Å². The average molecular weight is 196 g/mol. The van der Waals surface area contributed by atoms with E-state index in [-0.39, 0.29) is 6.42 Å². The monoisotopic (exact) mass is 196 g/mol. The highest BCUT2D eigenvalue weighted by molar-refractivity contribution is 5.67. The summed E-state index contributed by atoms with van der Waals surface area (Å²) in [4.78, 5) is 10.3. The zero-order chi connectivity index (χ0) is 10.6. The second-order valence-electron chi connectivity index (χ2n) is 2.89. The number of carboxylic acid groups (broad SMARTS) is 1. The van der Waals surface area contributed by atoms with Crippen molar-refractivity contribution in [2.24, 2.45) is 0 Å². The number of aliphatic carboxylic acids is 1. The molecule has 1 atom stereocenters. The molecule has 4 heteroatoms. The lowest BCUT2D eigenvalue weighted by atomic mass is 10.1. The van der Waals surface area contributed by atoms with E-state index >= 15 is 0 Å². The molecule has 0 aliphatic rings. The van der Waals surface area contributed by atoms with E-state index in [0.717, 1.165) is 0 Å². The molecule has 0 radical (unpaired) electrons. The number of hydrogen-bond donors (Lipinski definition) is 2. The predicted molar refractivity (Wildman–Crippen MR) is 50.2 cm³/mol. The minimum absolute atomic E-state index is 0.298. The molecule has 1 aromatic rings. The van der Waals surface area contributed by atoms with E-state index in [1.807, 2.05) is 0 Å². The molecular formula is C10H12O4. The van der Waals surface area contributed by atoms with E-state index < -0.39 is 12.1 Å². The van der Waals surface area contributed by atoms with Crippen LogP contribution in [0, 0.1) is 0 Å². The topological polar surface area (TPSA) is 66.8 Å². The van der Waals surface area contributed by atoms with Crippen molar-refractivity contribution in [2.45, 2.75) is 12.5 Å². The van der Waals surface area contributed by atoms with Crippen molar-refractivity contribution in [3.63, 3.8) is 0 Å². The summed E-state index contributed by atoms with van der Waals surface area (Å²) >= 11 is 0. The Morgan fingerprint density at radius 2 is 2.29 bits per heavy atom. The third kappa shape index (κ3) is 2.74. The first-order chi connectivity index (χ1) is 6.63. The summed E-state index contributed by atoms with van der Waals surface area (Å²) in [7, 11) is 1.52. The number of aliphatic hydroxyl groups excluding tert-OH is 1. The number of hydrogen-bond acceptors (Lipinski definition) is 3. The maximum atomic E-state index is 10.3. The van der Waals surface area contributed by atoms with E-state index in [9.17, 15) is 9.90 Å². The van der Waals surface area contributed by atoms with Crippen LogP contribution in [-0.2, 0) is 4.79 Å². The molecule has 0 saturated carbocycles. The smallest absolute Gasteiger partial charge is 0.306 e. The fraction of sp³-hybridized carbons (Fsp3) is 0.300. The summed E-state index contributed by atoms with van der Waals surface area (Å²) in [5.41, 5.74) is 0.548. The van der Waals surface area contributed by atoms with Crippen LogP contribution in [0.4, 0.5) is 0 Å². The van der Waals surface area contributed by atoms with Crippen LogP contribution in [0.2, 0.25) is 0 Å². The van der Waals surface area contributed by atoms with Crippen molar-refractivity contribution >= 4 is 5.97 Å². The van der Waals surface area contributed by atoms with Gasteiger partial charge in [-0.3, -0.25) is 4.79 Å². The molecule has 0 amide bonds. The number of benzene rings is 1. The Bertz CT molecular complexity index is 322. The molecule has 0 bridgehead atoms. The average Bonchev–Trinajstić information content (AvgIpc) is 2.17. The summed E-state index contributed by atoms with van der Waals surface area (Å²) in [5.74, 6) is -0.424. The van der Waals surface area contributed by atoms with Crippen molar-refractivity contribution in [1.29, 1.82) is 0 Å². The fourth-order valence-electron chi connectivity index (χ4n) is 1.13. The van der Waals surface area contributed by atoms with Crippen LogP contribution in [0.25, 0.3) is 0 Å². The molecule has 1 aromatic carbocycles. The molecule has 0 saturated heterocycles. The fourth-order valence-corrected chi connectivity index (χ4v) is 1.13. The Labute approximate surface area is 81.8 Å². The third-order valence-corrected chi connectivity index (χ3v) is 1.85. The van der Waals surface area contributed by atoms with Gasteiger partial charge in [0.2, 0.25) is 0 Å². The highest BCUT2D eigenvalue weighted by Crippen LogP contribution is 2.21. The molecule has 0 aromatic heterocycles. The molecule has 0 fully saturated rings. The van der Waals surface area contributed by atoms with E-state index in [2.05, 4.69) is 0 Å². The standard InChI is InChI=1S/C10H12O4/c1-14-8-4-2-3-7(5-8)9(11)6-10(12)13/h2-5,9,11H,6H2,1H3,(H,12,13)/t9-/m1/s1. The highest BCUT2D eigenvalue weighted by Gasteiger charge is 2.12. The van der Waals surface area contributed by atoms with Gasteiger partial charge in [0, 0.05) is 0 Å². The van der Waals surface area contributed by atoms with Crippen LogP contribution in [0.5, 0.6) is 5.75 Å². The lowest BCUT2D eigenvalue weighted by Gasteiger charge is -2.09. The first kappa shape index (κ1) is 10.5. The zero-order valence-corrected chi connectivity index (χ0v) is 7.80.